The Morgan fingerprint density at radius 1 is 1.12 bits per heavy atom. The largest absolute Gasteiger partial charge is 0.465 e. The summed E-state index contributed by atoms with van der Waals surface area (Å²) in [5.41, 5.74) is 0.822. The molecule has 0 saturated heterocycles. The van der Waals surface area contributed by atoms with Crippen LogP contribution in [0, 0.1) is 20.8 Å². The van der Waals surface area contributed by atoms with Crippen molar-refractivity contribution in [2.75, 3.05) is 16.7 Å². The maximum absolute atomic E-state index is 13.5. The van der Waals surface area contributed by atoms with Crippen molar-refractivity contribution in [1.82, 2.24) is 25.1 Å². The highest BCUT2D eigenvalue weighted by Crippen LogP contribution is 2.27. The Balaban J connectivity index is 2.15. The molecular formula is C18H18ClN7O5S. The average molecular weight is 480 g/mol. The summed E-state index contributed by atoms with van der Waals surface area (Å²) < 4.78 is 32.0. The molecule has 2 N–H and O–H groups in total. The highest BCUT2D eigenvalue weighted by molar-refractivity contribution is 7.93. The molecule has 0 fully saturated rings. The van der Waals surface area contributed by atoms with Gasteiger partial charge in [-0.25, -0.2) is 24.5 Å². The summed E-state index contributed by atoms with van der Waals surface area (Å²) in [4.78, 5) is 37.4. The molecule has 12 nitrogen and oxygen atoms in total. The van der Waals surface area contributed by atoms with E-state index in [9.17, 15) is 18.0 Å². The third-order valence-corrected chi connectivity index (χ3v) is 5.95. The van der Waals surface area contributed by atoms with E-state index >= 15 is 0 Å². The summed E-state index contributed by atoms with van der Waals surface area (Å²) in [6.45, 7) is 4.79. The summed E-state index contributed by atoms with van der Waals surface area (Å²) in [5, 5.41) is 7.68. The maximum Gasteiger partial charge on any atom is 0.344 e. The highest BCUT2D eigenvalue weighted by Gasteiger charge is 2.38. The first-order valence-electron chi connectivity index (χ1n) is 8.99. The van der Waals surface area contributed by atoms with Crippen LogP contribution in [0.5, 0.6) is 0 Å². The summed E-state index contributed by atoms with van der Waals surface area (Å²) in [6, 6.07) is 4.59. The van der Waals surface area contributed by atoms with E-state index in [1.807, 2.05) is 0 Å². The van der Waals surface area contributed by atoms with Gasteiger partial charge in [0.15, 0.2) is 10.8 Å². The molecule has 0 spiro atoms. The minimum Gasteiger partial charge on any atom is -0.465 e. The molecule has 0 aliphatic heterocycles. The second kappa shape index (κ2) is 8.88. The fraction of sp³-hybridized carbons (Fsp3) is 0.222. The lowest BCUT2D eigenvalue weighted by Gasteiger charge is -2.21. The van der Waals surface area contributed by atoms with Crippen molar-refractivity contribution in [2.45, 2.75) is 25.8 Å². The molecule has 0 unspecified atom stereocenters. The standard InChI is InChI=1S/C18H18ClN7O5S/c1-9-8-10(2)21-17(20-9)23-18(28)26(13-7-5-6-12(19)22-13)32(29,30)15-14(16(27)31-4)11(3)24-25-15/h5-8H,1-4H3,(H,24,25)(H,20,21,23,28). The molecule has 0 aliphatic rings. The molecule has 3 aromatic heterocycles. The SMILES string of the molecule is COC(=O)c1c(C)n[nH]c1S(=O)(=O)N(C(=O)Nc1nc(C)cc(C)n1)c1cccc(Cl)n1. The monoisotopic (exact) mass is 479 g/mol. The number of methoxy groups -OCH3 is 1. The minimum absolute atomic E-state index is 0.0625. The number of ether oxygens (including phenoxy) is 1. The number of urea groups is 1. The quantitative estimate of drug-likeness (QED) is 0.413. The van der Waals surface area contributed by atoms with Crippen LogP contribution < -0.4 is 9.62 Å². The molecule has 0 atom stereocenters. The molecule has 0 radical (unpaired) electrons. The average Bonchev–Trinajstić information content (AvgIpc) is 3.09. The minimum atomic E-state index is -4.75. The molecule has 3 rings (SSSR count). The third-order valence-electron chi connectivity index (χ3n) is 4.10. The lowest BCUT2D eigenvalue weighted by atomic mass is 10.3. The van der Waals surface area contributed by atoms with Crippen molar-refractivity contribution in [3.05, 3.63) is 52.1 Å². The van der Waals surface area contributed by atoms with E-state index in [4.69, 9.17) is 11.6 Å². The number of aryl methyl sites for hydroxylation is 3. The van der Waals surface area contributed by atoms with Gasteiger partial charge in [-0.2, -0.15) is 17.8 Å². The molecule has 0 bridgehead atoms. The van der Waals surface area contributed by atoms with E-state index in [1.165, 1.54) is 25.1 Å². The number of nitrogens with one attached hydrogen (secondary N) is 2. The fourth-order valence-electron chi connectivity index (χ4n) is 2.81. The first kappa shape index (κ1) is 23.1. The van der Waals surface area contributed by atoms with Crippen LogP contribution in [-0.2, 0) is 14.8 Å². The molecule has 0 aromatic carbocycles. The Morgan fingerprint density at radius 2 is 1.78 bits per heavy atom. The van der Waals surface area contributed by atoms with E-state index in [-0.39, 0.29) is 28.2 Å². The zero-order chi connectivity index (χ0) is 23.6. The van der Waals surface area contributed by atoms with Crippen LogP contribution in [0.25, 0.3) is 0 Å². The van der Waals surface area contributed by atoms with Crippen molar-refractivity contribution in [3.63, 3.8) is 0 Å². The number of H-pyrrole nitrogens is 1. The Labute approximate surface area is 188 Å². The van der Waals surface area contributed by atoms with Crippen molar-refractivity contribution in [3.8, 4) is 0 Å². The number of hydrogen-bond acceptors (Lipinski definition) is 9. The molecule has 0 aliphatic carbocycles. The number of amides is 2. The second-order valence-electron chi connectivity index (χ2n) is 6.50. The Bertz CT molecular complexity index is 1290. The number of anilines is 2. The van der Waals surface area contributed by atoms with Crippen molar-refractivity contribution >= 4 is 45.4 Å². The number of halogens is 1. The number of sulfonamides is 1. The van der Waals surface area contributed by atoms with Crippen molar-refractivity contribution in [2.24, 2.45) is 0 Å². The van der Waals surface area contributed by atoms with E-state index in [1.54, 1.807) is 19.9 Å². The first-order chi connectivity index (χ1) is 15.0. The molecular weight excluding hydrogens is 462 g/mol. The lowest BCUT2D eigenvalue weighted by molar-refractivity contribution is 0.0595. The van der Waals surface area contributed by atoms with Crippen LogP contribution in [0.1, 0.15) is 27.4 Å². The van der Waals surface area contributed by atoms with Crippen LogP contribution in [-0.4, -0.2) is 52.7 Å². The van der Waals surface area contributed by atoms with Gasteiger partial charge in [0, 0.05) is 11.4 Å². The van der Waals surface area contributed by atoms with Gasteiger partial charge in [-0.3, -0.25) is 10.4 Å². The number of esters is 1. The maximum atomic E-state index is 13.5. The van der Waals surface area contributed by atoms with Crippen molar-refractivity contribution < 1.29 is 22.7 Å². The smallest absolute Gasteiger partial charge is 0.344 e. The van der Waals surface area contributed by atoms with E-state index in [0.717, 1.165) is 7.11 Å². The molecule has 168 valence electrons. The van der Waals surface area contributed by atoms with Crippen LogP contribution in [0.2, 0.25) is 5.15 Å². The van der Waals surface area contributed by atoms with E-state index in [0.29, 0.717) is 15.7 Å². The fourth-order valence-corrected chi connectivity index (χ4v) is 4.41. The van der Waals surface area contributed by atoms with Gasteiger partial charge in [-0.15, -0.1) is 0 Å². The first-order valence-corrected chi connectivity index (χ1v) is 10.8. The van der Waals surface area contributed by atoms with Gasteiger partial charge >= 0.3 is 12.0 Å². The van der Waals surface area contributed by atoms with E-state index in [2.05, 4.69) is 35.2 Å². The number of hydrogen-bond donors (Lipinski definition) is 2. The van der Waals surface area contributed by atoms with Crippen LogP contribution in [0.3, 0.4) is 0 Å². The van der Waals surface area contributed by atoms with Crippen LogP contribution >= 0.6 is 11.6 Å². The number of aromatic nitrogens is 5. The molecule has 3 heterocycles. The number of rotatable bonds is 5. The molecule has 2 amide bonds. The molecule has 32 heavy (non-hydrogen) atoms. The summed E-state index contributed by atoms with van der Waals surface area (Å²) in [6.07, 6.45) is 0. The summed E-state index contributed by atoms with van der Waals surface area (Å²) in [5.74, 6) is -1.40. The number of carbonyl (C=O) groups is 2. The normalized spacial score (nSPS) is 11.2. The van der Waals surface area contributed by atoms with E-state index < -0.39 is 27.0 Å². The predicted octanol–water partition coefficient (Wildman–Crippen LogP) is 2.39. The lowest BCUT2D eigenvalue weighted by Crippen LogP contribution is -2.41. The van der Waals surface area contributed by atoms with Gasteiger partial charge in [0.2, 0.25) is 5.95 Å². The van der Waals surface area contributed by atoms with Gasteiger partial charge in [0.05, 0.1) is 12.8 Å². The Kier molecular flexibility index (Phi) is 6.41. The number of aromatic amines is 1. The zero-order valence-electron chi connectivity index (χ0n) is 17.4. The third kappa shape index (κ3) is 4.53. The zero-order valence-corrected chi connectivity index (χ0v) is 18.9. The van der Waals surface area contributed by atoms with Gasteiger partial charge in [0.1, 0.15) is 10.7 Å². The molecule has 3 aromatic rings. The van der Waals surface area contributed by atoms with Gasteiger partial charge in [-0.1, -0.05) is 17.7 Å². The van der Waals surface area contributed by atoms with Gasteiger partial charge in [-0.05, 0) is 39.0 Å². The predicted molar refractivity (Wildman–Crippen MR) is 114 cm³/mol. The number of nitrogens with zero attached hydrogens (tertiary/aromatic N) is 5. The van der Waals surface area contributed by atoms with Crippen LogP contribution in [0.4, 0.5) is 16.6 Å². The summed E-state index contributed by atoms with van der Waals surface area (Å²) >= 11 is 5.92. The second-order valence-corrected chi connectivity index (χ2v) is 8.61. The Morgan fingerprint density at radius 3 is 2.38 bits per heavy atom. The molecule has 0 saturated carbocycles. The molecule has 14 heteroatoms. The van der Waals surface area contributed by atoms with Crippen LogP contribution in [0.15, 0.2) is 29.3 Å². The summed E-state index contributed by atoms with van der Waals surface area (Å²) in [7, 11) is -3.66. The number of carbonyl (C=O) groups excluding carboxylic acids is 2. The number of pyridine rings is 1. The Hall–Kier alpha value is -3.58. The van der Waals surface area contributed by atoms with Crippen molar-refractivity contribution in [1.29, 1.82) is 0 Å². The topological polar surface area (TPSA) is 160 Å². The highest BCUT2D eigenvalue weighted by atomic mass is 35.5. The van der Waals surface area contributed by atoms with Gasteiger partial charge < -0.3 is 4.74 Å². The van der Waals surface area contributed by atoms with Gasteiger partial charge in [0.25, 0.3) is 10.0 Å².